The lowest BCUT2D eigenvalue weighted by Crippen LogP contribution is -2.10. The predicted octanol–water partition coefficient (Wildman–Crippen LogP) is 1.81. The second-order valence-electron chi connectivity index (χ2n) is 4.20. The summed E-state index contributed by atoms with van der Waals surface area (Å²) in [5, 5.41) is 4.57. The van der Waals surface area contributed by atoms with Crippen molar-refractivity contribution in [2.24, 2.45) is 5.73 Å². The van der Waals surface area contributed by atoms with Crippen LogP contribution < -0.4 is 5.73 Å². The summed E-state index contributed by atoms with van der Waals surface area (Å²) < 4.78 is 1.75. The smallest absolute Gasteiger partial charge is 0.153 e. The van der Waals surface area contributed by atoms with Gasteiger partial charge in [0.2, 0.25) is 0 Å². The van der Waals surface area contributed by atoms with Crippen molar-refractivity contribution in [1.82, 2.24) is 19.6 Å². The van der Waals surface area contributed by atoms with E-state index < -0.39 is 0 Å². The van der Waals surface area contributed by atoms with Gasteiger partial charge in [-0.2, -0.15) is 5.10 Å². The molecule has 5 heteroatoms. The van der Waals surface area contributed by atoms with E-state index in [1.807, 2.05) is 31.3 Å². The molecule has 0 amide bonds. The molecule has 1 atom stereocenters. The fourth-order valence-corrected chi connectivity index (χ4v) is 1.95. The number of hydrogen-bond donors (Lipinski definition) is 1. The van der Waals surface area contributed by atoms with Crippen molar-refractivity contribution in [2.45, 2.75) is 13.0 Å². The average Bonchev–Trinajstić information content (AvgIpc) is 2.85. The summed E-state index contributed by atoms with van der Waals surface area (Å²) in [5.74, 6) is 0. The van der Waals surface area contributed by atoms with Gasteiger partial charge in [0.15, 0.2) is 5.65 Å². The minimum atomic E-state index is -0.0950. The van der Waals surface area contributed by atoms with Gasteiger partial charge in [-0.3, -0.25) is 4.98 Å². The van der Waals surface area contributed by atoms with E-state index in [0.29, 0.717) is 0 Å². The molecule has 90 valence electrons. The Bertz CT molecular complexity index is 672. The summed E-state index contributed by atoms with van der Waals surface area (Å²) in [4.78, 5) is 8.25. The Balaban J connectivity index is 2.28. The first-order valence-corrected chi connectivity index (χ1v) is 5.76. The standard InChI is InChI=1S/C13H13N5/c1-9(14)11-8-12-16-6-7-18(12)17-13(11)10-2-4-15-5-3-10/h2-9H,14H2,1H3/t9-/m0/s1. The Morgan fingerprint density at radius 2 is 2.00 bits per heavy atom. The third-order valence-electron chi connectivity index (χ3n) is 2.86. The van der Waals surface area contributed by atoms with Gasteiger partial charge in [-0.15, -0.1) is 0 Å². The molecule has 3 aromatic heterocycles. The molecule has 0 aliphatic rings. The van der Waals surface area contributed by atoms with Crippen LogP contribution in [0, 0.1) is 0 Å². The first-order valence-electron chi connectivity index (χ1n) is 5.76. The van der Waals surface area contributed by atoms with Crippen LogP contribution >= 0.6 is 0 Å². The van der Waals surface area contributed by atoms with Crippen molar-refractivity contribution in [3.05, 3.63) is 48.5 Å². The van der Waals surface area contributed by atoms with Crippen molar-refractivity contribution < 1.29 is 0 Å². The zero-order valence-electron chi connectivity index (χ0n) is 9.99. The summed E-state index contributed by atoms with van der Waals surface area (Å²) in [6.07, 6.45) is 7.05. The summed E-state index contributed by atoms with van der Waals surface area (Å²) >= 11 is 0. The zero-order chi connectivity index (χ0) is 12.5. The number of hydrogen-bond acceptors (Lipinski definition) is 4. The number of nitrogens with two attached hydrogens (primary N) is 1. The fourth-order valence-electron chi connectivity index (χ4n) is 1.95. The maximum absolute atomic E-state index is 6.02. The van der Waals surface area contributed by atoms with Crippen molar-refractivity contribution in [1.29, 1.82) is 0 Å². The van der Waals surface area contributed by atoms with E-state index in [0.717, 1.165) is 22.5 Å². The van der Waals surface area contributed by atoms with Crippen LogP contribution in [-0.2, 0) is 0 Å². The van der Waals surface area contributed by atoms with Crippen LogP contribution in [0.15, 0.2) is 43.0 Å². The molecular formula is C13H13N5. The highest BCUT2D eigenvalue weighted by Gasteiger charge is 2.12. The van der Waals surface area contributed by atoms with Crippen LogP contribution in [0.3, 0.4) is 0 Å². The Labute approximate surface area is 104 Å². The Kier molecular flexibility index (Phi) is 2.53. The number of pyridine rings is 1. The fraction of sp³-hybridized carbons (Fsp3) is 0.154. The highest BCUT2D eigenvalue weighted by atomic mass is 15.2. The molecule has 3 aromatic rings. The van der Waals surface area contributed by atoms with E-state index in [2.05, 4.69) is 15.1 Å². The zero-order valence-corrected chi connectivity index (χ0v) is 9.99. The second kappa shape index (κ2) is 4.19. The average molecular weight is 239 g/mol. The topological polar surface area (TPSA) is 69.1 Å². The van der Waals surface area contributed by atoms with Crippen LogP contribution in [0.2, 0.25) is 0 Å². The third kappa shape index (κ3) is 1.74. The number of imidazole rings is 1. The lowest BCUT2D eigenvalue weighted by atomic mass is 10.0. The lowest BCUT2D eigenvalue weighted by Gasteiger charge is -2.12. The van der Waals surface area contributed by atoms with Gasteiger partial charge in [0.05, 0.1) is 5.69 Å². The van der Waals surface area contributed by atoms with E-state index in [9.17, 15) is 0 Å². The Morgan fingerprint density at radius 1 is 1.22 bits per heavy atom. The first-order chi connectivity index (χ1) is 8.75. The molecule has 0 bridgehead atoms. The molecule has 3 rings (SSSR count). The minimum absolute atomic E-state index is 0.0950. The molecule has 0 aliphatic carbocycles. The number of rotatable bonds is 2. The van der Waals surface area contributed by atoms with E-state index >= 15 is 0 Å². The molecule has 0 saturated carbocycles. The monoisotopic (exact) mass is 239 g/mol. The maximum atomic E-state index is 6.02. The summed E-state index contributed by atoms with van der Waals surface area (Å²) in [6.45, 7) is 1.95. The van der Waals surface area contributed by atoms with Crippen molar-refractivity contribution in [3.63, 3.8) is 0 Å². The van der Waals surface area contributed by atoms with Crippen molar-refractivity contribution in [3.8, 4) is 11.3 Å². The van der Waals surface area contributed by atoms with Crippen LogP contribution in [0.1, 0.15) is 18.5 Å². The van der Waals surface area contributed by atoms with Crippen molar-refractivity contribution >= 4 is 5.65 Å². The molecule has 0 spiro atoms. The Morgan fingerprint density at radius 3 is 2.72 bits per heavy atom. The molecule has 5 nitrogen and oxygen atoms in total. The molecule has 18 heavy (non-hydrogen) atoms. The second-order valence-corrected chi connectivity index (χ2v) is 4.20. The lowest BCUT2D eigenvalue weighted by molar-refractivity contribution is 0.798. The van der Waals surface area contributed by atoms with Gasteiger partial charge in [0.1, 0.15) is 0 Å². The normalized spacial score (nSPS) is 12.8. The van der Waals surface area contributed by atoms with Crippen LogP contribution in [-0.4, -0.2) is 19.6 Å². The van der Waals surface area contributed by atoms with Crippen LogP contribution in [0.5, 0.6) is 0 Å². The van der Waals surface area contributed by atoms with Gasteiger partial charge in [-0.05, 0) is 25.1 Å². The van der Waals surface area contributed by atoms with Gasteiger partial charge in [-0.25, -0.2) is 9.50 Å². The van der Waals surface area contributed by atoms with Crippen LogP contribution in [0.4, 0.5) is 0 Å². The molecule has 0 saturated heterocycles. The molecule has 3 heterocycles. The largest absolute Gasteiger partial charge is 0.324 e. The van der Waals surface area contributed by atoms with Gasteiger partial charge in [0.25, 0.3) is 0 Å². The molecule has 0 aromatic carbocycles. The molecule has 0 unspecified atom stereocenters. The number of nitrogens with zero attached hydrogens (tertiary/aromatic N) is 4. The molecule has 0 fully saturated rings. The first kappa shape index (κ1) is 10.9. The quantitative estimate of drug-likeness (QED) is 0.740. The SMILES string of the molecule is C[C@H](N)c1cc2nccn2nc1-c1ccncc1. The summed E-state index contributed by atoms with van der Waals surface area (Å²) in [7, 11) is 0. The Hall–Kier alpha value is -2.27. The predicted molar refractivity (Wildman–Crippen MR) is 68.8 cm³/mol. The van der Waals surface area contributed by atoms with Crippen molar-refractivity contribution in [2.75, 3.05) is 0 Å². The summed E-state index contributed by atoms with van der Waals surface area (Å²) in [5.41, 5.74) is 9.69. The van der Waals surface area contributed by atoms with Gasteiger partial charge in [-0.1, -0.05) is 0 Å². The molecular weight excluding hydrogens is 226 g/mol. The van der Waals surface area contributed by atoms with Crippen LogP contribution in [0.25, 0.3) is 16.9 Å². The highest BCUT2D eigenvalue weighted by molar-refractivity contribution is 5.65. The number of aromatic nitrogens is 4. The van der Waals surface area contributed by atoms with E-state index in [4.69, 9.17) is 5.73 Å². The highest BCUT2D eigenvalue weighted by Crippen LogP contribution is 2.25. The minimum Gasteiger partial charge on any atom is -0.324 e. The van der Waals surface area contributed by atoms with E-state index in [1.165, 1.54) is 0 Å². The third-order valence-corrected chi connectivity index (χ3v) is 2.86. The van der Waals surface area contributed by atoms with E-state index in [-0.39, 0.29) is 6.04 Å². The molecule has 2 N–H and O–H groups in total. The van der Waals surface area contributed by atoms with E-state index in [1.54, 1.807) is 23.1 Å². The number of fused-ring (bicyclic) bond motifs is 1. The van der Waals surface area contributed by atoms with Gasteiger partial charge >= 0.3 is 0 Å². The maximum Gasteiger partial charge on any atom is 0.153 e. The molecule has 0 aliphatic heterocycles. The van der Waals surface area contributed by atoms with Gasteiger partial charge < -0.3 is 5.73 Å². The summed E-state index contributed by atoms with van der Waals surface area (Å²) in [6, 6.07) is 5.74. The van der Waals surface area contributed by atoms with Gasteiger partial charge in [0, 0.05) is 42.0 Å². The molecule has 0 radical (unpaired) electrons.